The SMILES string of the molecule is N#CCCN(Cc1ccccn1)Cc1ccccc1O. The van der Waals surface area contributed by atoms with Crippen LogP contribution in [-0.2, 0) is 13.1 Å². The summed E-state index contributed by atoms with van der Waals surface area (Å²) < 4.78 is 0. The highest BCUT2D eigenvalue weighted by Gasteiger charge is 2.10. The van der Waals surface area contributed by atoms with Crippen LogP contribution in [0.15, 0.2) is 48.7 Å². The first-order valence-electron chi connectivity index (χ1n) is 6.55. The molecule has 0 unspecified atom stereocenters. The molecule has 2 rings (SSSR count). The van der Waals surface area contributed by atoms with Gasteiger partial charge in [0.05, 0.1) is 11.8 Å². The molecule has 1 heterocycles. The van der Waals surface area contributed by atoms with E-state index in [4.69, 9.17) is 5.26 Å². The minimum atomic E-state index is 0.287. The third kappa shape index (κ3) is 4.08. The van der Waals surface area contributed by atoms with E-state index in [1.165, 1.54) is 0 Å². The lowest BCUT2D eigenvalue weighted by Gasteiger charge is -2.21. The molecule has 1 aromatic heterocycles. The largest absolute Gasteiger partial charge is 0.508 e. The van der Waals surface area contributed by atoms with E-state index in [9.17, 15) is 5.11 Å². The summed E-state index contributed by atoms with van der Waals surface area (Å²) >= 11 is 0. The van der Waals surface area contributed by atoms with Gasteiger partial charge in [-0.15, -0.1) is 0 Å². The van der Waals surface area contributed by atoms with E-state index < -0.39 is 0 Å². The number of pyridine rings is 1. The van der Waals surface area contributed by atoms with Crippen molar-refractivity contribution in [1.29, 1.82) is 5.26 Å². The second-order valence-corrected chi connectivity index (χ2v) is 4.57. The molecular weight excluding hydrogens is 250 g/mol. The average Bonchev–Trinajstić information content (AvgIpc) is 2.48. The Morgan fingerprint density at radius 1 is 1.10 bits per heavy atom. The first-order valence-corrected chi connectivity index (χ1v) is 6.55. The lowest BCUT2D eigenvalue weighted by molar-refractivity contribution is 0.256. The minimum absolute atomic E-state index is 0.287. The third-order valence-corrected chi connectivity index (χ3v) is 3.04. The van der Waals surface area contributed by atoms with Crippen LogP contribution in [0.1, 0.15) is 17.7 Å². The number of benzene rings is 1. The van der Waals surface area contributed by atoms with Crippen LogP contribution < -0.4 is 0 Å². The van der Waals surface area contributed by atoms with Crippen molar-refractivity contribution in [1.82, 2.24) is 9.88 Å². The monoisotopic (exact) mass is 267 g/mol. The first-order chi connectivity index (χ1) is 9.79. The van der Waals surface area contributed by atoms with Crippen molar-refractivity contribution in [2.45, 2.75) is 19.5 Å². The average molecular weight is 267 g/mol. The second-order valence-electron chi connectivity index (χ2n) is 4.57. The number of para-hydroxylation sites is 1. The molecule has 4 heteroatoms. The molecule has 0 amide bonds. The molecule has 0 fully saturated rings. The van der Waals surface area contributed by atoms with Gasteiger partial charge in [0.1, 0.15) is 5.75 Å². The maximum Gasteiger partial charge on any atom is 0.120 e. The standard InChI is InChI=1S/C16H17N3O/c17-9-5-11-19(13-15-7-3-4-10-18-15)12-14-6-1-2-8-16(14)20/h1-4,6-8,10,20H,5,11-13H2. The van der Waals surface area contributed by atoms with Gasteiger partial charge in [0.2, 0.25) is 0 Å². The van der Waals surface area contributed by atoms with Gasteiger partial charge in [0, 0.05) is 37.8 Å². The van der Waals surface area contributed by atoms with Crippen LogP contribution >= 0.6 is 0 Å². The second kappa shape index (κ2) is 7.27. The molecule has 1 N–H and O–H groups in total. The molecule has 0 bridgehead atoms. The molecule has 2 aromatic rings. The molecular formula is C16H17N3O. The fourth-order valence-electron chi connectivity index (χ4n) is 2.03. The fraction of sp³-hybridized carbons (Fsp3) is 0.250. The maximum absolute atomic E-state index is 9.84. The minimum Gasteiger partial charge on any atom is -0.508 e. The van der Waals surface area contributed by atoms with E-state index in [-0.39, 0.29) is 5.75 Å². The zero-order chi connectivity index (χ0) is 14.2. The van der Waals surface area contributed by atoms with Crippen molar-refractivity contribution in [2.24, 2.45) is 0 Å². The molecule has 0 radical (unpaired) electrons. The van der Waals surface area contributed by atoms with Crippen LogP contribution in [0.25, 0.3) is 0 Å². The van der Waals surface area contributed by atoms with Crippen molar-refractivity contribution >= 4 is 0 Å². The smallest absolute Gasteiger partial charge is 0.120 e. The van der Waals surface area contributed by atoms with E-state index in [0.717, 1.165) is 11.3 Å². The van der Waals surface area contributed by atoms with E-state index in [1.54, 1.807) is 18.3 Å². The van der Waals surface area contributed by atoms with Crippen molar-refractivity contribution in [3.63, 3.8) is 0 Å². The number of phenolic OH excluding ortho intramolecular Hbond substituents is 1. The Morgan fingerprint density at radius 3 is 2.60 bits per heavy atom. The first kappa shape index (κ1) is 14.0. The normalized spacial score (nSPS) is 10.4. The number of nitrogens with zero attached hydrogens (tertiary/aromatic N) is 3. The van der Waals surface area contributed by atoms with E-state index >= 15 is 0 Å². The molecule has 0 aliphatic rings. The molecule has 0 aliphatic carbocycles. The van der Waals surface area contributed by atoms with Gasteiger partial charge in [-0.1, -0.05) is 24.3 Å². The number of aromatic hydroxyl groups is 1. The molecule has 0 saturated carbocycles. The summed E-state index contributed by atoms with van der Waals surface area (Å²) in [4.78, 5) is 6.42. The summed E-state index contributed by atoms with van der Waals surface area (Å²) in [5.74, 6) is 0.287. The zero-order valence-corrected chi connectivity index (χ0v) is 11.2. The third-order valence-electron chi connectivity index (χ3n) is 3.04. The summed E-state index contributed by atoms with van der Waals surface area (Å²) in [5, 5.41) is 18.6. The van der Waals surface area contributed by atoms with Gasteiger partial charge in [0.25, 0.3) is 0 Å². The Bertz CT molecular complexity index is 578. The number of rotatable bonds is 6. The molecule has 0 saturated heterocycles. The summed E-state index contributed by atoms with van der Waals surface area (Å²) in [6.07, 6.45) is 2.22. The molecule has 102 valence electrons. The molecule has 20 heavy (non-hydrogen) atoms. The highest BCUT2D eigenvalue weighted by atomic mass is 16.3. The van der Waals surface area contributed by atoms with Crippen LogP contribution in [0.5, 0.6) is 5.75 Å². The van der Waals surface area contributed by atoms with Crippen LogP contribution in [0.4, 0.5) is 0 Å². The molecule has 0 aliphatic heterocycles. The van der Waals surface area contributed by atoms with Crippen molar-refractivity contribution in [3.8, 4) is 11.8 Å². The topological polar surface area (TPSA) is 60.2 Å². The Kier molecular flexibility index (Phi) is 5.10. The summed E-state index contributed by atoms with van der Waals surface area (Å²) in [7, 11) is 0. The van der Waals surface area contributed by atoms with Crippen LogP contribution in [-0.4, -0.2) is 21.5 Å². The van der Waals surface area contributed by atoms with Gasteiger partial charge in [0.15, 0.2) is 0 Å². The Morgan fingerprint density at radius 2 is 1.90 bits per heavy atom. The Labute approximate surface area is 118 Å². The zero-order valence-electron chi connectivity index (χ0n) is 11.2. The van der Waals surface area contributed by atoms with E-state index in [2.05, 4.69) is 16.0 Å². The van der Waals surface area contributed by atoms with Crippen LogP contribution in [0, 0.1) is 11.3 Å². The Balaban J connectivity index is 2.08. The lowest BCUT2D eigenvalue weighted by Crippen LogP contribution is -2.24. The number of aromatic nitrogens is 1. The Hall–Kier alpha value is -2.38. The van der Waals surface area contributed by atoms with Gasteiger partial charge < -0.3 is 5.11 Å². The quantitative estimate of drug-likeness (QED) is 0.874. The van der Waals surface area contributed by atoms with Gasteiger partial charge in [-0.05, 0) is 18.2 Å². The van der Waals surface area contributed by atoms with E-state index in [0.29, 0.717) is 26.1 Å². The van der Waals surface area contributed by atoms with Crippen LogP contribution in [0.3, 0.4) is 0 Å². The molecule has 4 nitrogen and oxygen atoms in total. The number of phenols is 1. The van der Waals surface area contributed by atoms with E-state index in [1.807, 2.05) is 30.3 Å². The van der Waals surface area contributed by atoms with Gasteiger partial charge in [-0.2, -0.15) is 5.26 Å². The number of hydrogen-bond acceptors (Lipinski definition) is 4. The predicted octanol–water partition coefficient (Wildman–Crippen LogP) is 2.70. The van der Waals surface area contributed by atoms with Crippen LogP contribution in [0.2, 0.25) is 0 Å². The van der Waals surface area contributed by atoms with Crippen molar-refractivity contribution in [2.75, 3.05) is 6.54 Å². The number of nitriles is 1. The highest BCUT2D eigenvalue weighted by molar-refractivity contribution is 5.31. The highest BCUT2D eigenvalue weighted by Crippen LogP contribution is 2.18. The summed E-state index contributed by atoms with van der Waals surface area (Å²) in [5.41, 5.74) is 1.82. The summed E-state index contributed by atoms with van der Waals surface area (Å²) in [6, 6.07) is 15.2. The fourth-order valence-corrected chi connectivity index (χ4v) is 2.03. The summed E-state index contributed by atoms with van der Waals surface area (Å²) in [6.45, 7) is 1.92. The van der Waals surface area contributed by atoms with Crippen molar-refractivity contribution < 1.29 is 5.11 Å². The van der Waals surface area contributed by atoms with Gasteiger partial charge in [-0.3, -0.25) is 9.88 Å². The lowest BCUT2D eigenvalue weighted by atomic mass is 10.1. The molecule has 0 atom stereocenters. The maximum atomic E-state index is 9.84. The molecule has 1 aromatic carbocycles. The van der Waals surface area contributed by atoms with Gasteiger partial charge >= 0.3 is 0 Å². The van der Waals surface area contributed by atoms with Gasteiger partial charge in [-0.25, -0.2) is 0 Å². The number of hydrogen-bond donors (Lipinski definition) is 1. The van der Waals surface area contributed by atoms with Crippen molar-refractivity contribution in [3.05, 3.63) is 59.9 Å². The predicted molar refractivity (Wildman–Crippen MR) is 76.7 cm³/mol. The molecule has 0 spiro atoms.